The quantitative estimate of drug-likeness (QED) is 0.0897. The minimum Gasteiger partial charge on any atom is -0.311 e. The molecular weight excluding hydrogens is 616 g/mol. The summed E-state index contributed by atoms with van der Waals surface area (Å²) in [6.45, 7) is 8.54. The van der Waals surface area contributed by atoms with Crippen LogP contribution >= 0.6 is 11.6 Å². The van der Waals surface area contributed by atoms with Gasteiger partial charge >= 0.3 is 0 Å². The van der Waals surface area contributed by atoms with Crippen molar-refractivity contribution in [2.24, 2.45) is 0 Å². The van der Waals surface area contributed by atoms with E-state index < -0.39 is 0 Å². The van der Waals surface area contributed by atoms with Gasteiger partial charge in [-0.2, -0.15) is 0 Å². The van der Waals surface area contributed by atoms with Crippen LogP contribution in [0.25, 0.3) is 0 Å². The fourth-order valence-electron chi connectivity index (χ4n) is 6.53. The Kier molecular flexibility index (Phi) is 11.2. The molecule has 0 aliphatic carbocycles. The summed E-state index contributed by atoms with van der Waals surface area (Å²) in [7, 11) is 0. The number of hydrogen-bond acceptors (Lipinski definition) is 2. The molecule has 49 heavy (non-hydrogen) atoms. The molecule has 0 bridgehead atoms. The maximum atomic E-state index is 6.07. The van der Waals surface area contributed by atoms with Crippen LogP contribution in [0.5, 0.6) is 0 Å². The highest BCUT2D eigenvalue weighted by Gasteiger charge is 2.19. The fourth-order valence-corrected chi connectivity index (χ4v) is 6.72. The molecule has 0 amide bonds. The van der Waals surface area contributed by atoms with Gasteiger partial charge in [-0.25, -0.2) is 0 Å². The monoisotopic (exact) mass is 662 g/mol. The SMILES string of the molecule is Cc1ccc(N(c2ccc(C)cc2)c2ccc(C(CCCCCCl)c3ccc(N(c4ccc(C)cc4)c4ccc(C)cc4)cc3)cc2)cc1. The van der Waals surface area contributed by atoms with E-state index in [-0.39, 0.29) is 5.92 Å². The molecule has 2 nitrogen and oxygen atoms in total. The average molecular weight is 663 g/mol. The molecule has 3 heteroatoms. The molecule has 0 fully saturated rings. The zero-order valence-electron chi connectivity index (χ0n) is 29.2. The predicted octanol–water partition coefficient (Wildman–Crippen LogP) is 13.8. The second-order valence-corrected chi connectivity index (χ2v) is 13.7. The summed E-state index contributed by atoms with van der Waals surface area (Å²) < 4.78 is 0. The van der Waals surface area contributed by atoms with Gasteiger partial charge < -0.3 is 9.80 Å². The molecule has 0 aliphatic rings. The second kappa shape index (κ2) is 16.1. The van der Waals surface area contributed by atoms with Crippen molar-refractivity contribution in [3.63, 3.8) is 0 Å². The van der Waals surface area contributed by atoms with Crippen LogP contribution in [-0.4, -0.2) is 5.88 Å². The summed E-state index contributed by atoms with van der Waals surface area (Å²) in [5.41, 5.74) is 14.6. The lowest BCUT2D eigenvalue weighted by molar-refractivity contribution is 0.620. The van der Waals surface area contributed by atoms with Crippen LogP contribution in [0.2, 0.25) is 0 Å². The van der Waals surface area contributed by atoms with Crippen molar-refractivity contribution >= 4 is 45.7 Å². The van der Waals surface area contributed by atoms with Crippen LogP contribution in [0.3, 0.4) is 0 Å². The Labute approximate surface area is 298 Å². The predicted molar refractivity (Wildman–Crippen MR) is 212 cm³/mol. The Balaban J connectivity index is 1.33. The van der Waals surface area contributed by atoms with Gasteiger partial charge in [0.05, 0.1) is 0 Å². The third-order valence-electron chi connectivity index (χ3n) is 9.40. The van der Waals surface area contributed by atoms with Gasteiger partial charge in [-0.3, -0.25) is 0 Å². The van der Waals surface area contributed by atoms with E-state index in [4.69, 9.17) is 11.6 Å². The van der Waals surface area contributed by atoms with Crippen molar-refractivity contribution < 1.29 is 0 Å². The molecule has 0 N–H and O–H groups in total. The molecule has 248 valence electrons. The van der Waals surface area contributed by atoms with E-state index in [0.29, 0.717) is 0 Å². The zero-order valence-corrected chi connectivity index (χ0v) is 30.0. The largest absolute Gasteiger partial charge is 0.311 e. The molecule has 0 saturated carbocycles. The van der Waals surface area contributed by atoms with Crippen LogP contribution < -0.4 is 9.80 Å². The van der Waals surface area contributed by atoms with Crippen molar-refractivity contribution in [1.82, 2.24) is 0 Å². The number of unbranched alkanes of at least 4 members (excludes halogenated alkanes) is 2. The molecule has 0 radical (unpaired) electrons. The van der Waals surface area contributed by atoms with Crippen LogP contribution in [0.4, 0.5) is 34.1 Å². The van der Waals surface area contributed by atoms with Crippen LogP contribution in [0.1, 0.15) is 65.0 Å². The Bertz CT molecular complexity index is 1660. The number of aryl methyl sites for hydroxylation is 4. The summed E-state index contributed by atoms with van der Waals surface area (Å²) >= 11 is 6.07. The second-order valence-electron chi connectivity index (χ2n) is 13.3. The smallest absolute Gasteiger partial charge is 0.0461 e. The van der Waals surface area contributed by atoms with Gasteiger partial charge in [-0.15, -0.1) is 11.6 Å². The van der Waals surface area contributed by atoms with Gasteiger partial charge in [0.1, 0.15) is 0 Å². The van der Waals surface area contributed by atoms with E-state index in [9.17, 15) is 0 Å². The van der Waals surface area contributed by atoms with Crippen molar-refractivity contribution in [3.8, 4) is 0 Å². The summed E-state index contributed by atoms with van der Waals surface area (Å²) in [6.07, 6.45) is 4.41. The Morgan fingerprint density at radius 2 is 0.633 bits per heavy atom. The van der Waals surface area contributed by atoms with Crippen molar-refractivity contribution in [2.75, 3.05) is 15.7 Å². The highest BCUT2D eigenvalue weighted by atomic mass is 35.5. The first-order valence-electron chi connectivity index (χ1n) is 17.5. The lowest BCUT2D eigenvalue weighted by atomic mass is 9.86. The normalized spacial score (nSPS) is 11.1. The van der Waals surface area contributed by atoms with Crippen molar-refractivity contribution in [3.05, 3.63) is 179 Å². The first-order chi connectivity index (χ1) is 23.9. The molecule has 6 aromatic rings. The number of rotatable bonds is 13. The molecular formula is C46H47ClN2. The summed E-state index contributed by atoms with van der Waals surface area (Å²) in [6, 6.07) is 53.6. The minimum absolute atomic E-state index is 0.290. The lowest BCUT2D eigenvalue weighted by Crippen LogP contribution is -2.11. The third kappa shape index (κ3) is 8.45. The van der Waals surface area contributed by atoms with Gasteiger partial charge in [0.25, 0.3) is 0 Å². The minimum atomic E-state index is 0.290. The van der Waals surface area contributed by atoms with Gasteiger partial charge in [0.2, 0.25) is 0 Å². The highest BCUT2D eigenvalue weighted by Crippen LogP contribution is 2.39. The van der Waals surface area contributed by atoms with Gasteiger partial charge in [-0.05, 0) is 124 Å². The Hall–Kier alpha value is -4.79. The molecule has 6 rings (SSSR count). The number of hydrogen-bond donors (Lipinski definition) is 0. The maximum Gasteiger partial charge on any atom is 0.0461 e. The summed E-state index contributed by atoms with van der Waals surface area (Å²) in [5, 5.41) is 0. The number of benzene rings is 6. The van der Waals surface area contributed by atoms with E-state index in [1.165, 1.54) is 33.4 Å². The number of alkyl halides is 1. The molecule has 0 spiro atoms. The van der Waals surface area contributed by atoms with E-state index in [1.807, 2.05) is 0 Å². The Morgan fingerprint density at radius 3 is 0.898 bits per heavy atom. The lowest BCUT2D eigenvalue weighted by Gasteiger charge is -2.27. The average Bonchev–Trinajstić information content (AvgIpc) is 3.13. The van der Waals surface area contributed by atoms with E-state index >= 15 is 0 Å². The molecule has 0 heterocycles. The first-order valence-corrected chi connectivity index (χ1v) is 18.1. The topological polar surface area (TPSA) is 6.48 Å². The van der Waals surface area contributed by atoms with Crippen molar-refractivity contribution in [2.45, 2.75) is 59.3 Å². The van der Waals surface area contributed by atoms with E-state index in [1.54, 1.807) is 0 Å². The van der Waals surface area contributed by atoms with Gasteiger partial charge in [-0.1, -0.05) is 108 Å². The summed E-state index contributed by atoms with van der Waals surface area (Å²) in [4.78, 5) is 4.69. The molecule has 0 aliphatic heterocycles. The molecule has 0 atom stereocenters. The molecule has 0 aromatic heterocycles. The van der Waals surface area contributed by atoms with Crippen LogP contribution in [-0.2, 0) is 0 Å². The number of anilines is 6. The zero-order chi connectivity index (χ0) is 34.2. The van der Waals surface area contributed by atoms with Crippen LogP contribution in [0, 0.1) is 27.7 Å². The first kappa shape index (κ1) is 34.1. The van der Waals surface area contributed by atoms with Gasteiger partial charge in [0.15, 0.2) is 0 Å². The number of nitrogens with zero attached hydrogens (tertiary/aromatic N) is 2. The van der Waals surface area contributed by atoms with E-state index in [2.05, 4.69) is 183 Å². The van der Waals surface area contributed by atoms with Crippen molar-refractivity contribution in [1.29, 1.82) is 0 Å². The molecule has 0 unspecified atom stereocenters. The van der Waals surface area contributed by atoms with Gasteiger partial charge in [0, 0.05) is 45.9 Å². The Morgan fingerprint density at radius 1 is 0.367 bits per heavy atom. The highest BCUT2D eigenvalue weighted by molar-refractivity contribution is 6.17. The maximum absolute atomic E-state index is 6.07. The molecule has 0 saturated heterocycles. The standard InChI is InChI=1S/C46H47ClN2/c1-34-9-21-40(22-10-34)48(41-23-11-35(2)12-24-41)44-29-17-38(18-30-44)46(8-6-5-7-33-47)39-19-31-45(32-20-39)49(42-25-13-36(3)14-26-42)43-27-15-37(4)16-28-43/h9-32,46H,5-8,33H2,1-4H3. The summed E-state index contributed by atoms with van der Waals surface area (Å²) in [5.74, 6) is 1.01. The fraction of sp³-hybridized carbons (Fsp3) is 0.217. The van der Waals surface area contributed by atoms with Crippen LogP contribution in [0.15, 0.2) is 146 Å². The van der Waals surface area contributed by atoms with E-state index in [0.717, 1.165) is 65.7 Å². The molecule has 6 aromatic carbocycles. The number of halogens is 1. The third-order valence-corrected chi connectivity index (χ3v) is 9.67.